The van der Waals surface area contributed by atoms with Crippen LogP contribution in [0.5, 0.6) is 0 Å². The third kappa shape index (κ3) is 4.78. The minimum absolute atomic E-state index is 0.0411. The Labute approximate surface area is 160 Å². The van der Waals surface area contributed by atoms with Gasteiger partial charge < -0.3 is 25.4 Å². The predicted octanol–water partition coefficient (Wildman–Crippen LogP) is 0.920. The average molecular weight is 374 g/mol. The van der Waals surface area contributed by atoms with E-state index in [-0.39, 0.29) is 24.5 Å². The zero-order valence-electron chi connectivity index (χ0n) is 16.0. The molecule has 0 saturated carbocycles. The van der Waals surface area contributed by atoms with Gasteiger partial charge in [-0.3, -0.25) is 9.79 Å². The molecular formula is C20H30N4O3. The molecule has 1 fully saturated rings. The maximum Gasteiger partial charge on any atom is 0.246 e. The van der Waals surface area contributed by atoms with Crippen LogP contribution in [0, 0.1) is 5.41 Å². The van der Waals surface area contributed by atoms with Gasteiger partial charge in [0.15, 0.2) is 5.96 Å². The van der Waals surface area contributed by atoms with E-state index < -0.39 is 0 Å². The lowest BCUT2D eigenvalue weighted by atomic mass is 9.84. The maximum atomic E-state index is 12.7. The molecule has 0 spiro atoms. The Hall–Kier alpha value is -2.12. The smallest absolute Gasteiger partial charge is 0.246 e. The number of rotatable bonds is 6. The first-order valence-corrected chi connectivity index (χ1v) is 9.69. The fourth-order valence-corrected chi connectivity index (χ4v) is 3.85. The molecule has 7 heteroatoms. The maximum absolute atomic E-state index is 12.7. The Kier molecular flexibility index (Phi) is 6.68. The highest BCUT2D eigenvalue weighted by atomic mass is 16.5. The summed E-state index contributed by atoms with van der Waals surface area (Å²) in [6.07, 6.45) is 3.62. The fraction of sp³-hybridized carbons (Fsp3) is 0.600. The van der Waals surface area contributed by atoms with Crippen LogP contribution in [-0.4, -0.2) is 63.5 Å². The third-order valence-electron chi connectivity index (χ3n) is 5.50. The molecule has 1 atom stereocenters. The van der Waals surface area contributed by atoms with Crippen molar-refractivity contribution in [3.63, 3.8) is 0 Å². The van der Waals surface area contributed by atoms with Crippen LogP contribution >= 0.6 is 0 Å². The van der Waals surface area contributed by atoms with Crippen molar-refractivity contribution in [2.75, 3.05) is 51.4 Å². The third-order valence-corrected chi connectivity index (χ3v) is 5.50. The summed E-state index contributed by atoms with van der Waals surface area (Å²) >= 11 is 0. The van der Waals surface area contributed by atoms with E-state index in [4.69, 9.17) is 4.74 Å². The van der Waals surface area contributed by atoms with Crippen LogP contribution < -0.4 is 15.5 Å². The number of aliphatic imine (C=N–C) groups is 1. The summed E-state index contributed by atoms with van der Waals surface area (Å²) < 4.78 is 5.52. The van der Waals surface area contributed by atoms with Crippen LogP contribution in [0.15, 0.2) is 29.3 Å². The molecule has 7 nitrogen and oxygen atoms in total. The highest BCUT2D eigenvalue weighted by Gasteiger charge is 2.34. The zero-order chi connectivity index (χ0) is 19.1. The summed E-state index contributed by atoms with van der Waals surface area (Å²) in [7, 11) is 1.69. The molecule has 3 rings (SSSR count). The Bertz CT molecular complexity index is 671. The second-order valence-corrected chi connectivity index (χ2v) is 7.33. The molecule has 1 aromatic rings. The summed E-state index contributed by atoms with van der Waals surface area (Å²) in [5, 5.41) is 15.8. The van der Waals surface area contributed by atoms with E-state index in [1.54, 1.807) is 7.05 Å². The Balaban J connectivity index is 1.53. The van der Waals surface area contributed by atoms with Gasteiger partial charge in [-0.2, -0.15) is 0 Å². The number of hydrogen-bond donors (Lipinski definition) is 3. The van der Waals surface area contributed by atoms with E-state index in [9.17, 15) is 9.90 Å². The van der Waals surface area contributed by atoms with Gasteiger partial charge in [-0.25, -0.2) is 0 Å². The molecule has 1 aromatic carbocycles. The van der Waals surface area contributed by atoms with Crippen LogP contribution in [0.25, 0.3) is 0 Å². The number of para-hydroxylation sites is 1. The number of hydrogen-bond acceptors (Lipinski definition) is 4. The van der Waals surface area contributed by atoms with Crippen LogP contribution in [0.1, 0.15) is 24.8 Å². The van der Waals surface area contributed by atoms with Crippen molar-refractivity contribution in [2.45, 2.75) is 25.7 Å². The molecule has 0 aliphatic carbocycles. The van der Waals surface area contributed by atoms with E-state index in [0.717, 1.165) is 38.1 Å². The first-order chi connectivity index (χ1) is 13.2. The number of fused-ring (bicyclic) bond motifs is 1. The summed E-state index contributed by atoms with van der Waals surface area (Å²) in [5.41, 5.74) is 2.18. The standard InChI is InChI=1S/C20H30N4O3/c1-21-19(23-14-20(8-11-25)9-12-27-15-20)22-13-18(26)24-10-4-6-16-5-2-3-7-17(16)24/h2-3,5,7,25H,4,6,8-15H2,1H3,(H2,21,22,23). The molecule has 1 amide bonds. The average Bonchev–Trinajstić information content (AvgIpc) is 3.16. The van der Waals surface area contributed by atoms with E-state index in [1.807, 2.05) is 23.1 Å². The molecule has 2 aliphatic heterocycles. The number of nitrogens with one attached hydrogen (secondary N) is 2. The lowest BCUT2D eigenvalue weighted by molar-refractivity contribution is -0.117. The van der Waals surface area contributed by atoms with Crippen molar-refractivity contribution in [1.29, 1.82) is 0 Å². The number of ether oxygens (including phenoxy) is 1. The van der Waals surface area contributed by atoms with Crippen LogP contribution in [0.2, 0.25) is 0 Å². The van der Waals surface area contributed by atoms with E-state index in [2.05, 4.69) is 21.7 Å². The normalized spacial score (nSPS) is 22.4. The first kappa shape index (κ1) is 19.6. The number of aryl methyl sites for hydroxylation is 1. The highest BCUT2D eigenvalue weighted by molar-refractivity contribution is 5.98. The topological polar surface area (TPSA) is 86.2 Å². The number of aliphatic hydroxyl groups is 1. The second kappa shape index (κ2) is 9.19. The Morgan fingerprint density at radius 1 is 1.37 bits per heavy atom. The van der Waals surface area contributed by atoms with Gasteiger partial charge in [0.1, 0.15) is 0 Å². The van der Waals surface area contributed by atoms with Gasteiger partial charge in [-0.15, -0.1) is 0 Å². The highest BCUT2D eigenvalue weighted by Crippen LogP contribution is 2.31. The van der Waals surface area contributed by atoms with Crippen molar-refractivity contribution >= 4 is 17.6 Å². The van der Waals surface area contributed by atoms with Crippen LogP contribution in [-0.2, 0) is 16.0 Å². The monoisotopic (exact) mass is 374 g/mol. The molecule has 3 N–H and O–H groups in total. The van der Waals surface area contributed by atoms with Crippen molar-refractivity contribution in [3.8, 4) is 0 Å². The van der Waals surface area contributed by atoms with Gasteiger partial charge in [-0.05, 0) is 37.3 Å². The molecule has 1 unspecified atom stereocenters. The molecule has 0 bridgehead atoms. The molecular weight excluding hydrogens is 344 g/mol. The van der Waals surface area contributed by atoms with Gasteiger partial charge in [0.05, 0.1) is 13.2 Å². The number of carbonyl (C=O) groups is 1. The summed E-state index contributed by atoms with van der Waals surface area (Å²) in [6, 6.07) is 8.10. The largest absolute Gasteiger partial charge is 0.396 e. The summed E-state index contributed by atoms with van der Waals surface area (Å²) in [4.78, 5) is 18.8. The molecule has 2 heterocycles. The van der Waals surface area contributed by atoms with Crippen LogP contribution in [0.4, 0.5) is 5.69 Å². The predicted molar refractivity (Wildman–Crippen MR) is 106 cm³/mol. The molecule has 1 saturated heterocycles. The van der Waals surface area contributed by atoms with Crippen LogP contribution in [0.3, 0.4) is 0 Å². The number of carbonyl (C=O) groups excluding carboxylic acids is 1. The van der Waals surface area contributed by atoms with Gasteiger partial charge in [0, 0.05) is 44.5 Å². The lowest BCUT2D eigenvalue weighted by Gasteiger charge is -2.30. The van der Waals surface area contributed by atoms with Crippen molar-refractivity contribution in [2.24, 2.45) is 10.4 Å². The van der Waals surface area contributed by atoms with Gasteiger partial charge in [0.2, 0.25) is 5.91 Å². The minimum Gasteiger partial charge on any atom is -0.396 e. The molecule has 2 aliphatic rings. The number of aliphatic hydroxyl groups excluding tert-OH is 1. The SMILES string of the molecule is CN=C(NCC(=O)N1CCCc2ccccc21)NCC1(CCO)CCOC1. The van der Waals surface area contributed by atoms with E-state index in [1.165, 1.54) is 5.56 Å². The molecule has 27 heavy (non-hydrogen) atoms. The lowest BCUT2D eigenvalue weighted by Crippen LogP contribution is -2.48. The Morgan fingerprint density at radius 3 is 2.96 bits per heavy atom. The Morgan fingerprint density at radius 2 is 2.22 bits per heavy atom. The fourth-order valence-electron chi connectivity index (χ4n) is 3.85. The van der Waals surface area contributed by atoms with Gasteiger partial charge >= 0.3 is 0 Å². The van der Waals surface area contributed by atoms with Crippen molar-refractivity contribution in [3.05, 3.63) is 29.8 Å². The van der Waals surface area contributed by atoms with E-state index >= 15 is 0 Å². The van der Waals surface area contributed by atoms with Crippen molar-refractivity contribution in [1.82, 2.24) is 10.6 Å². The molecule has 148 valence electrons. The molecule has 0 radical (unpaired) electrons. The second-order valence-electron chi connectivity index (χ2n) is 7.33. The number of nitrogens with zero attached hydrogens (tertiary/aromatic N) is 2. The number of guanidine groups is 1. The summed E-state index contributed by atoms with van der Waals surface area (Å²) in [6.45, 7) is 3.11. The van der Waals surface area contributed by atoms with Gasteiger partial charge in [-0.1, -0.05) is 18.2 Å². The summed E-state index contributed by atoms with van der Waals surface area (Å²) in [5.74, 6) is 0.636. The minimum atomic E-state index is -0.0673. The zero-order valence-corrected chi connectivity index (χ0v) is 16.0. The number of anilines is 1. The van der Waals surface area contributed by atoms with Crippen molar-refractivity contribution < 1.29 is 14.6 Å². The number of amides is 1. The molecule has 0 aromatic heterocycles. The number of benzene rings is 1. The van der Waals surface area contributed by atoms with Gasteiger partial charge in [0.25, 0.3) is 0 Å². The van der Waals surface area contributed by atoms with E-state index in [0.29, 0.717) is 25.5 Å². The first-order valence-electron chi connectivity index (χ1n) is 9.69. The quantitative estimate of drug-likeness (QED) is 0.509.